The molecule has 0 saturated heterocycles. The minimum absolute atomic E-state index is 0.117. The van der Waals surface area contributed by atoms with Crippen molar-refractivity contribution in [2.45, 2.75) is 18.7 Å². The number of hydrogen-bond donors (Lipinski definition) is 0. The fourth-order valence-electron chi connectivity index (χ4n) is 2.05. The summed E-state index contributed by atoms with van der Waals surface area (Å²) < 4.78 is 27.8. The van der Waals surface area contributed by atoms with Crippen molar-refractivity contribution in [3.63, 3.8) is 0 Å². The molecular weight excluding hydrogens is 284 g/mol. The van der Waals surface area contributed by atoms with Gasteiger partial charge in [0.1, 0.15) is 0 Å². The number of sulfonamides is 1. The SMILES string of the molecule is CCN(CC)S(=O)(=O)c1ccc2c(c1)c(=O)sn2C. The maximum Gasteiger partial charge on any atom is 0.257 e. The molecule has 0 aliphatic heterocycles. The largest absolute Gasteiger partial charge is 0.297 e. The van der Waals surface area contributed by atoms with Crippen LogP contribution in [0.1, 0.15) is 13.8 Å². The molecule has 0 spiro atoms. The van der Waals surface area contributed by atoms with Gasteiger partial charge in [-0.05, 0) is 29.7 Å². The van der Waals surface area contributed by atoms with Crippen molar-refractivity contribution in [3.8, 4) is 0 Å². The number of aromatic nitrogens is 1. The van der Waals surface area contributed by atoms with Crippen molar-refractivity contribution < 1.29 is 8.42 Å². The summed E-state index contributed by atoms with van der Waals surface area (Å²) in [5.74, 6) is 0. The molecule has 5 nitrogen and oxygen atoms in total. The van der Waals surface area contributed by atoms with E-state index in [9.17, 15) is 13.2 Å². The van der Waals surface area contributed by atoms with Crippen LogP contribution < -0.4 is 4.74 Å². The minimum atomic E-state index is -3.51. The summed E-state index contributed by atoms with van der Waals surface area (Å²) in [7, 11) is -1.73. The van der Waals surface area contributed by atoms with E-state index in [-0.39, 0.29) is 9.64 Å². The number of hydrogen-bond acceptors (Lipinski definition) is 4. The fourth-order valence-corrected chi connectivity index (χ4v) is 4.30. The van der Waals surface area contributed by atoms with Crippen LogP contribution in [0.2, 0.25) is 0 Å². The average Bonchev–Trinajstić information content (AvgIpc) is 2.66. The molecule has 0 fully saturated rings. The van der Waals surface area contributed by atoms with E-state index in [0.29, 0.717) is 18.5 Å². The second-order valence-electron chi connectivity index (χ2n) is 4.14. The summed E-state index contributed by atoms with van der Waals surface area (Å²) >= 11 is 1.07. The highest BCUT2D eigenvalue weighted by atomic mass is 32.2. The van der Waals surface area contributed by atoms with Crippen LogP contribution in [0, 0.1) is 0 Å². The molecule has 0 bridgehead atoms. The molecule has 0 aliphatic carbocycles. The molecule has 0 radical (unpaired) electrons. The van der Waals surface area contributed by atoms with E-state index >= 15 is 0 Å². The molecule has 0 N–H and O–H groups in total. The number of nitrogens with zero attached hydrogens (tertiary/aromatic N) is 2. The summed E-state index contributed by atoms with van der Waals surface area (Å²) in [4.78, 5) is 12.0. The van der Waals surface area contributed by atoms with E-state index in [1.54, 1.807) is 37.0 Å². The molecule has 19 heavy (non-hydrogen) atoms. The van der Waals surface area contributed by atoms with Gasteiger partial charge in [0.25, 0.3) is 4.74 Å². The normalized spacial score (nSPS) is 12.4. The van der Waals surface area contributed by atoms with Gasteiger partial charge in [-0.15, -0.1) is 0 Å². The van der Waals surface area contributed by atoms with Crippen molar-refractivity contribution in [1.82, 2.24) is 8.26 Å². The number of aryl methyl sites for hydroxylation is 1. The van der Waals surface area contributed by atoms with Crippen molar-refractivity contribution in [1.29, 1.82) is 0 Å². The van der Waals surface area contributed by atoms with Crippen molar-refractivity contribution >= 4 is 32.5 Å². The second-order valence-corrected chi connectivity index (χ2v) is 7.18. The van der Waals surface area contributed by atoms with Crippen LogP contribution >= 0.6 is 11.5 Å². The van der Waals surface area contributed by atoms with Crippen LogP contribution in [-0.2, 0) is 17.1 Å². The van der Waals surface area contributed by atoms with E-state index in [1.807, 2.05) is 0 Å². The molecule has 2 rings (SSSR count). The Morgan fingerprint density at radius 3 is 2.47 bits per heavy atom. The molecule has 0 aliphatic rings. The quantitative estimate of drug-likeness (QED) is 0.862. The maximum atomic E-state index is 12.4. The van der Waals surface area contributed by atoms with Gasteiger partial charge >= 0.3 is 0 Å². The van der Waals surface area contributed by atoms with Crippen LogP contribution in [-0.4, -0.2) is 29.8 Å². The molecule has 0 saturated carbocycles. The van der Waals surface area contributed by atoms with Crippen LogP contribution in [0.5, 0.6) is 0 Å². The lowest BCUT2D eigenvalue weighted by Gasteiger charge is -2.18. The second kappa shape index (κ2) is 5.07. The third kappa shape index (κ3) is 2.33. The van der Waals surface area contributed by atoms with Crippen LogP contribution in [0.15, 0.2) is 27.9 Å². The fraction of sp³-hybridized carbons (Fsp3) is 0.417. The zero-order valence-corrected chi connectivity index (χ0v) is 12.7. The van der Waals surface area contributed by atoms with Gasteiger partial charge in [-0.25, -0.2) is 8.42 Å². The zero-order chi connectivity index (χ0) is 14.2. The summed E-state index contributed by atoms with van der Waals surface area (Å²) in [6.07, 6.45) is 0. The first-order chi connectivity index (χ1) is 8.91. The van der Waals surface area contributed by atoms with E-state index in [1.165, 1.54) is 10.4 Å². The Bertz CT molecular complexity index is 755. The molecule has 104 valence electrons. The molecule has 0 atom stereocenters. The molecule has 2 aromatic rings. The Kier molecular flexibility index (Phi) is 3.80. The molecular formula is C12H16N2O3S2. The highest BCUT2D eigenvalue weighted by Gasteiger charge is 2.22. The number of fused-ring (bicyclic) bond motifs is 1. The Morgan fingerprint density at radius 1 is 1.26 bits per heavy atom. The van der Waals surface area contributed by atoms with Crippen LogP contribution in [0.25, 0.3) is 10.9 Å². The van der Waals surface area contributed by atoms with Crippen LogP contribution in [0.4, 0.5) is 0 Å². The van der Waals surface area contributed by atoms with E-state index in [2.05, 4.69) is 0 Å². The molecule has 0 unspecified atom stereocenters. The smallest absolute Gasteiger partial charge is 0.257 e. The summed E-state index contributed by atoms with van der Waals surface area (Å²) in [5.41, 5.74) is 0.758. The van der Waals surface area contributed by atoms with Gasteiger partial charge in [0, 0.05) is 20.1 Å². The Labute approximate surface area is 116 Å². The van der Waals surface area contributed by atoms with E-state index in [4.69, 9.17) is 0 Å². The maximum absolute atomic E-state index is 12.4. The average molecular weight is 300 g/mol. The topological polar surface area (TPSA) is 59.4 Å². The lowest BCUT2D eigenvalue weighted by Crippen LogP contribution is -2.30. The minimum Gasteiger partial charge on any atom is -0.297 e. The van der Waals surface area contributed by atoms with Gasteiger partial charge in [-0.3, -0.25) is 8.75 Å². The Hall–Kier alpha value is -1.18. The third-order valence-electron chi connectivity index (χ3n) is 3.09. The molecule has 7 heteroatoms. The van der Waals surface area contributed by atoms with Gasteiger partial charge in [-0.1, -0.05) is 13.8 Å². The number of benzene rings is 1. The summed E-state index contributed by atoms with van der Waals surface area (Å²) in [6.45, 7) is 4.42. The van der Waals surface area contributed by atoms with E-state index < -0.39 is 10.0 Å². The molecule has 0 amide bonds. The first kappa shape index (κ1) is 14.2. The standard InChI is InChI=1S/C12H16N2O3S2/c1-4-14(5-2)19(16,17)9-6-7-11-10(8-9)12(15)18-13(11)3/h6-8H,4-5H2,1-3H3. The molecule has 1 aromatic carbocycles. The van der Waals surface area contributed by atoms with Crippen molar-refractivity contribution in [2.24, 2.45) is 7.05 Å². The van der Waals surface area contributed by atoms with Gasteiger partial charge in [-0.2, -0.15) is 4.31 Å². The summed E-state index contributed by atoms with van der Waals surface area (Å²) in [5, 5.41) is 0.459. The van der Waals surface area contributed by atoms with Crippen molar-refractivity contribution in [2.75, 3.05) is 13.1 Å². The number of rotatable bonds is 4. The van der Waals surface area contributed by atoms with E-state index in [0.717, 1.165) is 17.0 Å². The zero-order valence-electron chi connectivity index (χ0n) is 11.1. The summed E-state index contributed by atoms with van der Waals surface area (Å²) in [6, 6.07) is 4.72. The monoisotopic (exact) mass is 300 g/mol. The van der Waals surface area contributed by atoms with Gasteiger partial charge < -0.3 is 0 Å². The lowest BCUT2D eigenvalue weighted by atomic mass is 10.2. The highest BCUT2D eigenvalue weighted by Crippen LogP contribution is 2.21. The predicted molar refractivity (Wildman–Crippen MR) is 77.2 cm³/mol. The highest BCUT2D eigenvalue weighted by molar-refractivity contribution is 7.89. The molecule has 1 heterocycles. The Balaban J connectivity index is 2.64. The first-order valence-electron chi connectivity index (χ1n) is 6.02. The predicted octanol–water partition coefficient (Wildman–Crippen LogP) is 1.63. The van der Waals surface area contributed by atoms with Gasteiger partial charge in [0.05, 0.1) is 15.8 Å². The molecule has 1 aromatic heterocycles. The first-order valence-corrected chi connectivity index (χ1v) is 8.23. The van der Waals surface area contributed by atoms with Crippen molar-refractivity contribution in [3.05, 3.63) is 27.7 Å². The lowest BCUT2D eigenvalue weighted by molar-refractivity contribution is 0.445. The van der Waals surface area contributed by atoms with Crippen LogP contribution in [0.3, 0.4) is 0 Å². The Morgan fingerprint density at radius 2 is 1.89 bits per heavy atom. The van der Waals surface area contributed by atoms with Gasteiger partial charge in [0.15, 0.2) is 0 Å². The third-order valence-corrected chi connectivity index (χ3v) is 5.99. The van der Waals surface area contributed by atoms with Gasteiger partial charge in [0.2, 0.25) is 10.0 Å².